The normalized spacial score (nSPS) is 17.4. The second-order valence-corrected chi connectivity index (χ2v) is 16.8. The molecule has 6 aliphatic rings. The number of benzene rings is 2. The number of H-pyrrole nitrogens is 2. The lowest BCUT2D eigenvalue weighted by Crippen LogP contribution is -2.01. The van der Waals surface area contributed by atoms with E-state index in [1.165, 1.54) is 44.5 Å². The van der Waals surface area contributed by atoms with Crippen LogP contribution in [0.2, 0.25) is 0 Å². The van der Waals surface area contributed by atoms with Crippen LogP contribution in [0.25, 0.3) is 66.6 Å². The second-order valence-electron chi connectivity index (χ2n) is 16.8. The van der Waals surface area contributed by atoms with Crippen molar-refractivity contribution in [3.63, 3.8) is 0 Å². The Morgan fingerprint density at radius 3 is 1.22 bits per heavy atom. The molecule has 2 aliphatic heterocycles. The Morgan fingerprint density at radius 2 is 0.810 bits per heavy atom. The van der Waals surface area contributed by atoms with Crippen LogP contribution in [0.1, 0.15) is 122 Å². The highest BCUT2D eigenvalue weighted by Gasteiger charge is 2.32. The fourth-order valence-electron chi connectivity index (χ4n) is 10.8. The highest BCUT2D eigenvalue weighted by atomic mass is 16.6. The molecular weight excluding hydrogens is 725 g/mol. The summed E-state index contributed by atoms with van der Waals surface area (Å²) in [6.07, 6.45) is 16.4. The molecule has 290 valence electrons. The predicted octanol–water partition coefficient (Wildman–Crippen LogP) is 12.2. The SMILES string of the molecule is O=[N+]([O-])c1ccc(-c2c3nc(cc4[nH]c(c5c4CCCC5)c(-c4ccc([N+](=O)[O-])cc4)c4[nH]c(cc5nc2C2=C5CCCC2)c2c4CCCC2)C2=C3CCCC2)cc1. The predicted molar refractivity (Wildman–Crippen MR) is 229 cm³/mol. The summed E-state index contributed by atoms with van der Waals surface area (Å²) < 4.78 is 0. The standard InChI is InChI=1S/C48H44N6O4/c55-53(56)29-21-17-27(18-22-29)43-45-35-13-5-1-9-31(35)39(49-45)25-40-32-10-2-6-14-36(32)47(50-40)44(28-19-23-30(24-20-28)54(57)58)48-38-16-8-4-12-34(38)42(52-48)26-41-33-11-3-7-15-37(33)46(43)51-41/h17-26,49,51H,1-16H2. The van der Waals surface area contributed by atoms with E-state index in [2.05, 4.69) is 22.1 Å². The van der Waals surface area contributed by atoms with E-state index in [0.29, 0.717) is 0 Å². The zero-order valence-electron chi connectivity index (χ0n) is 32.5. The van der Waals surface area contributed by atoms with Crippen molar-refractivity contribution in [3.8, 4) is 22.3 Å². The average Bonchev–Trinajstić information content (AvgIpc) is 4.01. The van der Waals surface area contributed by atoms with Crippen molar-refractivity contribution in [2.24, 2.45) is 0 Å². The number of nitrogens with one attached hydrogen (secondary N) is 2. The van der Waals surface area contributed by atoms with Gasteiger partial charge in [0.15, 0.2) is 0 Å². The quantitative estimate of drug-likeness (QED) is 0.138. The maximum atomic E-state index is 11.8. The maximum Gasteiger partial charge on any atom is 0.269 e. The number of nitro benzene ring substituents is 2. The van der Waals surface area contributed by atoms with Gasteiger partial charge in [-0.1, -0.05) is 0 Å². The van der Waals surface area contributed by atoms with E-state index in [0.717, 1.165) is 170 Å². The smallest absolute Gasteiger partial charge is 0.269 e. The molecule has 0 saturated heterocycles. The van der Waals surface area contributed by atoms with Crippen LogP contribution in [0.3, 0.4) is 0 Å². The van der Waals surface area contributed by atoms with Crippen molar-refractivity contribution in [1.82, 2.24) is 19.9 Å². The van der Waals surface area contributed by atoms with Gasteiger partial charge >= 0.3 is 0 Å². The molecule has 5 heterocycles. The van der Waals surface area contributed by atoms with Crippen LogP contribution in [0.4, 0.5) is 11.4 Å². The summed E-state index contributed by atoms with van der Waals surface area (Å²) in [7, 11) is 0. The van der Waals surface area contributed by atoms with Crippen LogP contribution in [-0.2, 0) is 25.7 Å². The number of nitrogens with zero attached hydrogens (tertiary/aromatic N) is 4. The molecule has 2 aromatic carbocycles. The molecule has 10 heteroatoms. The van der Waals surface area contributed by atoms with Crippen LogP contribution in [0, 0.1) is 20.2 Å². The van der Waals surface area contributed by atoms with E-state index < -0.39 is 0 Å². The van der Waals surface area contributed by atoms with Crippen molar-refractivity contribution in [3.05, 3.63) is 126 Å². The molecule has 0 fully saturated rings. The van der Waals surface area contributed by atoms with E-state index in [9.17, 15) is 20.2 Å². The first-order valence-electron chi connectivity index (χ1n) is 21.2. The fourth-order valence-corrected chi connectivity index (χ4v) is 10.8. The van der Waals surface area contributed by atoms with Crippen LogP contribution in [-0.4, -0.2) is 29.8 Å². The molecule has 4 aliphatic carbocycles. The third kappa shape index (κ3) is 5.59. The number of hydrogen-bond donors (Lipinski definition) is 2. The van der Waals surface area contributed by atoms with E-state index in [4.69, 9.17) is 9.97 Å². The summed E-state index contributed by atoms with van der Waals surface area (Å²) >= 11 is 0. The molecule has 10 nitrogen and oxygen atoms in total. The van der Waals surface area contributed by atoms with Gasteiger partial charge in [-0.3, -0.25) is 20.2 Å². The minimum atomic E-state index is -0.333. The molecule has 2 N–H and O–H groups in total. The van der Waals surface area contributed by atoms with Gasteiger partial charge in [0.1, 0.15) is 0 Å². The van der Waals surface area contributed by atoms with E-state index in [1.807, 2.05) is 24.3 Å². The van der Waals surface area contributed by atoms with E-state index in [1.54, 1.807) is 24.3 Å². The molecule has 58 heavy (non-hydrogen) atoms. The second kappa shape index (κ2) is 13.7. The van der Waals surface area contributed by atoms with Gasteiger partial charge in [-0.2, -0.15) is 0 Å². The Balaban J connectivity index is 1.33. The fraction of sp³-hybridized carbons (Fsp3) is 0.333. The van der Waals surface area contributed by atoms with Gasteiger partial charge < -0.3 is 9.97 Å². The largest absolute Gasteiger partial charge is 0.354 e. The molecule has 5 aromatic rings. The van der Waals surface area contributed by atoms with E-state index >= 15 is 0 Å². The number of aromatic amines is 2. The molecule has 0 radical (unpaired) electrons. The Morgan fingerprint density at radius 1 is 0.448 bits per heavy atom. The number of aromatic nitrogens is 4. The van der Waals surface area contributed by atoms with Gasteiger partial charge in [-0.05, 0) is 195 Å². The zero-order chi connectivity index (χ0) is 39.1. The van der Waals surface area contributed by atoms with Gasteiger partial charge in [-0.15, -0.1) is 0 Å². The summed E-state index contributed by atoms with van der Waals surface area (Å²) in [5.74, 6) is 0. The molecule has 0 atom stereocenters. The molecular formula is C48H44N6O4. The highest BCUT2D eigenvalue weighted by Crippen LogP contribution is 2.50. The lowest BCUT2D eigenvalue weighted by Gasteiger charge is -2.18. The lowest BCUT2D eigenvalue weighted by molar-refractivity contribution is -0.385. The minimum absolute atomic E-state index is 0.0696. The van der Waals surface area contributed by atoms with Crippen molar-refractivity contribution in [1.29, 1.82) is 0 Å². The molecule has 0 spiro atoms. The number of hydrogen-bond acceptors (Lipinski definition) is 6. The number of fused-ring (bicyclic) bond motifs is 18. The molecule has 3 aromatic heterocycles. The summed E-state index contributed by atoms with van der Waals surface area (Å²) in [4.78, 5) is 42.2. The van der Waals surface area contributed by atoms with Gasteiger partial charge in [-0.25, -0.2) is 9.97 Å². The number of non-ortho nitro benzene ring substituents is 2. The lowest BCUT2D eigenvalue weighted by atomic mass is 9.84. The van der Waals surface area contributed by atoms with Crippen molar-refractivity contribution < 1.29 is 9.85 Å². The zero-order valence-corrected chi connectivity index (χ0v) is 32.5. The first kappa shape index (κ1) is 35.0. The summed E-state index contributed by atoms with van der Waals surface area (Å²) in [6.45, 7) is 0. The maximum absolute atomic E-state index is 11.8. The minimum Gasteiger partial charge on any atom is -0.354 e. The first-order valence-corrected chi connectivity index (χ1v) is 21.2. The Kier molecular flexibility index (Phi) is 8.31. The highest BCUT2D eigenvalue weighted by molar-refractivity contribution is 6.04. The van der Waals surface area contributed by atoms with Crippen molar-refractivity contribution in [2.75, 3.05) is 0 Å². The van der Waals surface area contributed by atoms with Crippen LogP contribution in [0.5, 0.6) is 0 Å². The third-order valence-electron chi connectivity index (χ3n) is 13.6. The van der Waals surface area contributed by atoms with Gasteiger partial charge in [0.25, 0.3) is 11.4 Å². The Hall–Kier alpha value is -6.16. The molecule has 11 rings (SSSR count). The van der Waals surface area contributed by atoms with E-state index in [-0.39, 0.29) is 21.2 Å². The average molecular weight is 769 g/mol. The van der Waals surface area contributed by atoms with Gasteiger partial charge in [0.05, 0.1) is 43.7 Å². The number of rotatable bonds is 4. The number of nitro groups is 2. The van der Waals surface area contributed by atoms with Gasteiger partial charge in [0.2, 0.25) is 0 Å². The first-order chi connectivity index (χ1) is 28.4. The number of allylic oxidation sites excluding steroid dienone is 4. The Labute approximate surface area is 335 Å². The van der Waals surface area contributed by atoms with Gasteiger partial charge in [0, 0.05) is 46.4 Å². The Bertz CT molecular complexity index is 2710. The van der Waals surface area contributed by atoms with Crippen molar-refractivity contribution in [2.45, 2.75) is 103 Å². The molecule has 8 bridgehead atoms. The monoisotopic (exact) mass is 768 g/mol. The third-order valence-corrected chi connectivity index (χ3v) is 13.6. The van der Waals surface area contributed by atoms with Crippen LogP contribution >= 0.6 is 0 Å². The summed E-state index contributed by atoms with van der Waals surface area (Å²) in [5.41, 5.74) is 22.8. The van der Waals surface area contributed by atoms with Crippen molar-refractivity contribution >= 4 is 55.7 Å². The summed E-state index contributed by atoms with van der Waals surface area (Å²) in [5, 5.41) is 23.6. The van der Waals surface area contributed by atoms with Crippen LogP contribution < -0.4 is 0 Å². The molecule has 0 saturated carbocycles. The topological polar surface area (TPSA) is 144 Å². The number of aryl methyl sites for hydroxylation is 4. The molecule has 0 unspecified atom stereocenters. The summed E-state index contributed by atoms with van der Waals surface area (Å²) in [6, 6.07) is 18.7. The molecule has 0 amide bonds. The van der Waals surface area contributed by atoms with Crippen LogP contribution in [0.15, 0.2) is 60.7 Å².